The third kappa shape index (κ3) is 3.91. The van der Waals surface area contributed by atoms with Crippen LogP contribution in [0.15, 0.2) is 24.0 Å². The molecule has 0 heterocycles. The Kier molecular flexibility index (Phi) is 2.97. The first-order valence-corrected chi connectivity index (χ1v) is 5.23. The lowest BCUT2D eigenvalue weighted by atomic mass is 11.3. The molecule has 0 aliphatic rings. The SMILES string of the molecule is C=CS(=O)(=O)OS(=O)(=O)C=C. The third-order valence-corrected chi connectivity index (χ3v) is 2.93. The first-order valence-electron chi connectivity index (χ1n) is 2.29. The predicted molar refractivity (Wildman–Crippen MR) is 39.3 cm³/mol. The van der Waals surface area contributed by atoms with Crippen LogP contribution in [0.3, 0.4) is 0 Å². The smallest absolute Gasteiger partial charge is 0.194 e. The predicted octanol–water partition coefficient (Wildman–Crippen LogP) is -0.0504. The summed E-state index contributed by atoms with van der Waals surface area (Å²) >= 11 is 0. The average Bonchev–Trinajstić information content (AvgIpc) is 1.86. The summed E-state index contributed by atoms with van der Waals surface area (Å²) in [5.74, 6) is 0. The molecular weight excluding hydrogens is 192 g/mol. The van der Waals surface area contributed by atoms with E-state index in [0.29, 0.717) is 10.8 Å². The summed E-state index contributed by atoms with van der Waals surface area (Å²) in [5, 5.41) is 0.766. The second kappa shape index (κ2) is 3.16. The Labute approximate surface area is 65.2 Å². The van der Waals surface area contributed by atoms with Gasteiger partial charge in [-0.25, -0.2) is 0 Å². The highest BCUT2D eigenvalue weighted by Crippen LogP contribution is 2.02. The molecule has 7 heteroatoms. The van der Waals surface area contributed by atoms with Gasteiger partial charge in [-0.15, -0.1) is 3.63 Å². The summed E-state index contributed by atoms with van der Waals surface area (Å²) in [6.07, 6.45) is 0. The first-order chi connectivity index (χ1) is 4.83. The summed E-state index contributed by atoms with van der Waals surface area (Å²) in [7, 11) is -8.37. The molecule has 11 heavy (non-hydrogen) atoms. The molecule has 64 valence electrons. The Bertz CT molecular complexity index is 310. The van der Waals surface area contributed by atoms with Crippen LogP contribution in [0.1, 0.15) is 0 Å². The fourth-order valence-corrected chi connectivity index (χ4v) is 1.69. The van der Waals surface area contributed by atoms with Gasteiger partial charge in [0.05, 0.1) is 10.8 Å². The molecule has 0 aliphatic carbocycles. The van der Waals surface area contributed by atoms with Crippen molar-refractivity contribution in [3.63, 3.8) is 0 Å². The maximum Gasteiger partial charge on any atom is 0.304 e. The summed E-state index contributed by atoms with van der Waals surface area (Å²) in [6, 6.07) is 0. The molecule has 0 saturated heterocycles. The minimum absolute atomic E-state index is 0.383. The largest absolute Gasteiger partial charge is 0.304 e. The van der Waals surface area contributed by atoms with Gasteiger partial charge in [-0.3, -0.25) is 0 Å². The van der Waals surface area contributed by atoms with Crippen molar-refractivity contribution in [3.05, 3.63) is 24.0 Å². The molecule has 0 aromatic rings. The summed E-state index contributed by atoms with van der Waals surface area (Å²) < 4.78 is 45.3. The molecular formula is C4H6O5S2. The average molecular weight is 198 g/mol. The van der Waals surface area contributed by atoms with E-state index in [1.807, 2.05) is 0 Å². The first kappa shape index (κ1) is 10.3. The molecule has 0 radical (unpaired) electrons. The van der Waals surface area contributed by atoms with E-state index in [-0.39, 0.29) is 0 Å². The summed E-state index contributed by atoms with van der Waals surface area (Å²) in [5.41, 5.74) is 0. The molecule has 0 unspecified atom stereocenters. The highest BCUT2D eigenvalue weighted by atomic mass is 32.3. The fraction of sp³-hybridized carbons (Fsp3) is 0. The van der Waals surface area contributed by atoms with Gasteiger partial charge in [-0.2, -0.15) is 16.8 Å². The molecule has 0 saturated carbocycles. The molecule has 0 amide bonds. The molecule has 0 aliphatic heterocycles. The highest BCUT2D eigenvalue weighted by molar-refractivity contribution is 8.02. The molecule has 0 aromatic carbocycles. The van der Waals surface area contributed by atoms with Gasteiger partial charge in [0.25, 0.3) is 0 Å². The Hall–Kier alpha value is -0.660. The van der Waals surface area contributed by atoms with Crippen molar-refractivity contribution in [2.45, 2.75) is 0 Å². The van der Waals surface area contributed by atoms with Crippen molar-refractivity contribution in [1.82, 2.24) is 0 Å². The standard InChI is InChI=1S/C4H6O5S2/c1-3-10(5,6)9-11(7,8)4-2/h3-4H,1-2H2. The van der Waals surface area contributed by atoms with Crippen LogP contribution in [0.25, 0.3) is 0 Å². The second-order valence-electron chi connectivity index (χ2n) is 1.39. The third-order valence-electron chi connectivity index (χ3n) is 0.598. The molecule has 0 atom stereocenters. The van der Waals surface area contributed by atoms with Gasteiger partial charge in [0.15, 0.2) is 0 Å². The summed E-state index contributed by atoms with van der Waals surface area (Å²) in [6.45, 7) is 5.68. The van der Waals surface area contributed by atoms with E-state index in [0.717, 1.165) is 0 Å². The van der Waals surface area contributed by atoms with Crippen LogP contribution >= 0.6 is 0 Å². The van der Waals surface area contributed by atoms with Gasteiger partial charge < -0.3 is 0 Å². The van der Waals surface area contributed by atoms with Crippen LogP contribution in [0.4, 0.5) is 0 Å². The van der Waals surface area contributed by atoms with Gasteiger partial charge >= 0.3 is 20.2 Å². The van der Waals surface area contributed by atoms with E-state index in [9.17, 15) is 16.8 Å². The Morgan fingerprint density at radius 2 is 1.18 bits per heavy atom. The number of hydrogen-bond donors (Lipinski definition) is 0. The monoisotopic (exact) mass is 198 g/mol. The lowest BCUT2D eigenvalue weighted by Gasteiger charge is -1.95. The van der Waals surface area contributed by atoms with Crippen LogP contribution in [-0.2, 0) is 23.9 Å². The minimum atomic E-state index is -4.18. The quantitative estimate of drug-likeness (QED) is 0.632. The zero-order valence-electron chi connectivity index (χ0n) is 5.43. The van der Waals surface area contributed by atoms with Crippen LogP contribution in [0, 0.1) is 0 Å². The normalized spacial score (nSPS) is 12.4. The molecule has 0 spiro atoms. The van der Waals surface area contributed by atoms with E-state index >= 15 is 0 Å². The topological polar surface area (TPSA) is 77.5 Å². The van der Waals surface area contributed by atoms with Crippen molar-refractivity contribution in [2.24, 2.45) is 0 Å². The van der Waals surface area contributed by atoms with Crippen LogP contribution in [-0.4, -0.2) is 16.8 Å². The molecule has 0 fully saturated rings. The Morgan fingerprint density at radius 3 is 1.36 bits per heavy atom. The second-order valence-corrected chi connectivity index (χ2v) is 4.57. The number of rotatable bonds is 4. The zero-order chi connectivity index (χ0) is 9.12. The maximum atomic E-state index is 10.4. The molecule has 0 bridgehead atoms. The zero-order valence-corrected chi connectivity index (χ0v) is 7.06. The maximum absolute atomic E-state index is 10.4. The summed E-state index contributed by atoms with van der Waals surface area (Å²) in [4.78, 5) is 0. The van der Waals surface area contributed by atoms with Crippen LogP contribution in [0.5, 0.6) is 0 Å². The Balaban J connectivity index is 4.81. The van der Waals surface area contributed by atoms with Crippen molar-refractivity contribution in [2.75, 3.05) is 0 Å². The van der Waals surface area contributed by atoms with Crippen LogP contribution in [0.2, 0.25) is 0 Å². The van der Waals surface area contributed by atoms with E-state index in [1.54, 1.807) is 0 Å². The van der Waals surface area contributed by atoms with Crippen molar-refractivity contribution in [1.29, 1.82) is 0 Å². The molecule has 5 nitrogen and oxygen atoms in total. The lowest BCUT2D eigenvalue weighted by molar-refractivity contribution is 0.476. The highest BCUT2D eigenvalue weighted by Gasteiger charge is 2.15. The van der Waals surface area contributed by atoms with Gasteiger partial charge in [-0.1, -0.05) is 13.2 Å². The van der Waals surface area contributed by atoms with Crippen LogP contribution < -0.4 is 0 Å². The lowest BCUT2D eigenvalue weighted by Crippen LogP contribution is -2.07. The van der Waals surface area contributed by atoms with E-state index in [4.69, 9.17) is 0 Å². The van der Waals surface area contributed by atoms with Crippen molar-refractivity contribution < 1.29 is 20.5 Å². The van der Waals surface area contributed by atoms with E-state index in [2.05, 4.69) is 16.8 Å². The van der Waals surface area contributed by atoms with Gasteiger partial charge in [0.2, 0.25) is 0 Å². The van der Waals surface area contributed by atoms with E-state index < -0.39 is 20.2 Å². The molecule has 0 aromatic heterocycles. The van der Waals surface area contributed by atoms with Crippen molar-refractivity contribution >= 4 is 20.2 Å². The van der Waals surface area contributed by atoms with Crippen molar-refractivity contribution in [3.8, 4) is 0 Å². The molecule has 0 N–H and O–H groups in total. The van der Waals surface area contributed by atoms with Gasteiger partial charge in [-0.05, 0) is 0 Å². The Morgan fingerprint density at radius 1 is 0.909 bits per heavy atom. The molecule has 0 rings (SSSR count). The minimum Gasteiger partial charge on any atom is -0.194 e. The number of hydrogen-bond acceptors (Lipinski definition) is 5. The van der Waals surface area contributed by atoms with Gasteiger partial charge in [0, 0.05) is 0 Å². The van der Waals surface area contributed by atoms with Gasteiger partial charge in [0.1, 0.15) is 0 Å². The van der Waals surface area contributed by atoms with E-state index in [1.165, 1.54) is 0 Å². The fourth-order valence-electron chi connectivity index (χ4n) is 0.188.